The Morgan fingerprint density at radius 3 is 2.83 bits per heavy atom. The van der Waals surface area contributed by atoms with E-state index in [0.29, 0.717) is 5.69 Å². The average Bonchev–Trinajstić information content (AvgIpc) is 2.02. The van der Waals surface area contributed by atoms with E-state index in [4.69, 9.17) is 9.85 Å². The summed E-state index contributed by atoms with van der Waals surface area (Å²) < 4.78 is 22.6. The molecule has 66 valence electrons. The Bertz CT molecular complexity index is 379. The number of carbonyl (C=O) groups excluding carboxylic acids is 1. The highest BCUT2D eigenvalue weighted by Gasteiger charge is 2.06. The first-order valence-electron chi connectivity index (χ1n) is 4.65. The maximum absolute atomic E-state index is 10.8. The Balaban J connectivity index is 0.00000196. The number of nitrogens with zero attached hydrogens (tertiary/aromatic N) is 1. The fraction of sp³-hybridized carbons (Fsp3) is 0.250. The van der Waals surface area contributed by atoms with Crippen LogP contribution < -0.4 is 34.3 Å². The van der Waals surface area contributed by atoms with Crippen molar-refractivity contribution in [1.29, 1.82) is 0 Å². The van der Waals surface area contributed by atoms with Crippen molar-refractivity contribution < 1.29 is 37.5 Å². The number of nitrogens with two attached hydrogens (primary N) is 1. The van der Waals surface area contributed by atoms with E-state index >= 15 is 0 Å². The number of primary amides is 1. The Labute approximate surface area is 92.8 Å². The van der Waals surface area contributed by atoms with Crippen molar-refractivity contribution in [3.8, 4) is 0 Å². The molecule has 1 aromatic heterocycles. The number of pyridine rings is 1. The number of hydrogen-bond acceptors (Lipinski definition) is 1. The predicted octanol–water partition coefficient (Wildman–Crippen LogP) is -3.08. The number of carbonyl (C=O) groups is 1. The van der Waals surface area contributed by atoms with Crippen LogP contribution in [0.3, 0.4) is 0 Å². The lowest BCUT2D eigenvalue weighted by Crippen LogP contribution is -3.00. The second-order valence-electron chi connectivity index (χ2n) is 2.29. The maximum atomic E-state index is 10.8. The van der Waals surface area contributed by atoms with Gasteiger partial charge in [-0.2, -0.15) is 0 Å². The third kappa shape index (κ3) is 2.44. The summed E-state index contributed by atoms with van der Waals surface area (Å²) in [7, 11) is 0. The van der Waals surface area contributed by atoms with Crippen LogP contribution >= 0.6 is 0 Å². The highest BCUT2D eigenvalue weighted by Crippen LogP contribution is 1.94. The summed E-state index contributed by atoms with van der Waals surface area (Å²) in [6, 6.07) is 3.05. The van der Waals surface area contributed by atoms with Crippen molar-refractivity contribution in [2.45, 2.75) is 6.92 Å². The number of halogens is 1. The zero-order valence-electron chi connectivity index (χ0n) is 9.54. The molecule has 0 aromatic carbocycles. The van der Waals surface area contributed by atoms with Crippen molar-refractivity contribution in [2.24, 2.45) is 12.7 Å². The fourth-order valence-electron chi connectivity index (χ4n) is 0.720. The van der Waals surface area contributed by atoms with Gasteiger partial charge >= 0.3 is 0 Å². The van der Waals surface area contributed by atoms with Crippen LogP contribution in [0.2, 0.25) is 0 Å². The van der Waals surface area contributed by atoms with Gasteiger partial charge in [-0.25, -0.2) is 4.57 Å². The maximum Gasteiger partial charge on any atom is 0.254 e. The van der Waals surface area contributed by atoms with Crippen LogP contribution in [-0.2, 0) is 6.98 Å². The summed E-state index contributed by atoms with van der Waals surface area (Å²) >= 11 is 0. The molecule has 1 aromatic rings. The molecule has 0 saturated heterocycles. The summed E-state index contributed by atoms with van der Waals surface area (Å²) in [4.78, 5) is 10.8. The number of hydrogen-bond donors (Lipinski definition) is 1. The molecule has 0 fully saturated rings. The van der Waals surface area contributed by atoms with Crippen LogP contribution in [0.4, 0.5) is 0 Å². The summed E-state index contributed by atoms with van der Waals surface area (Å²) in [5.41, 5.74) is 5.78. The molecule has 0 bridgehead atoms. The van der Waals surface area contributed by atoms with Crippen molar-refractivity contribution in [1.82, 2.24) is 0 Å². The molecule has 0 aliphatic rings. The van der Waals surface area contributed by atoms with Crippen molar-refractivity contribution in [3.63, 3.8) is 0 Å². The zero-order chi connectivity index (χ0) is 10.9. The standard InChI is InChI=1S/C8H10N2O.HI/c1-6-3-4-7(8(9)11)5-10(6)2;/h3-5H,1-2H3,(H-,9,11);1H/i2D3;. The van der Waals surface area contributed by atoms with Crippen LogP contribution in [0.25, 0.3) is 0 Å². The first-order valence-corrected chi connectivity index (χ1v) is 3.15. The molecule has 0 aliphatic heterocycles. The minimum absolute atomic E-state index is 0. The van der Waals surface area contributed by atoms with Crippen LogP contribution in [-0.4, -0.2) is 5.91 Å². The molecule has 1 amide bonds. The van der Waals surface area contributed by atoms with Crippen molar-refractivity contribution >= 4 is 5.91 Å². The van der Waals surface area contributed by atoms with E-state index in [2.05, 4.69) is 0 Å². The van der Waals surface area contributed by atoms with Gasteiger partial charge in [-0.1, -0.05) is 0 Å². The Kier molecular flexibility index (Phi) is 2.50. The molecule has 0 atom stereocenters. The average molecular weight is 281 g/mol. The Hall–Kier alpha value is -0.650. The van der Waals surface area contributed by atoms with Crippen LogP contribution in [0.15, 0.2) is 18.3 Å². The molecule has 12 heavy (non-hydrogen) atoms. The number of amides is 1. The molecule has 1 heterocycles. The molecule has 0 spiro atoms. The van der Waals surface area contributed by atoms with Gasteiger partial charge in [0.2, 0.25) is 0 Å². The SMILES string of the molecule is [2H]C([2H])([2H])[n+]1cc(C(N)=O)ccc1C.[I-]. The molecule has 1 rings (SSSR count). The quantitative estimate of drug-likeness (QED) is 0.431. The van der Waals surface area contributed by atoms with E-state index in [1.165, 1.54) is 12.3 Å². The number of aryl methyl sites for hydroxylation is 2. The second-order valence-corrected chi connectivity index (χ2v) is 2.29. The monoisotopic (exact) mass is 281 g/mol. The van der Waals surface area contributed by atoms with Gasteiger partial charge < -0.3 is 29.7 Å². The molecule has 2 N–H and O–H groups in total. The lowest BCUT2D eigenvalue weighted by atomic mass is 10.2. The van der Waals surface area contributed by atoms with E-state index in [9.17, 15) is 4.79 Å². The normalized spacial score (nSPS) is 13.6. The topological polar surface area (TPSA) is 47.0 Å². The van der Waals surface area contributed by atoms with E-state index in [0.717, 1.165) is 4.57 Å². The summed E-state index contributed by atoms with van der Waals surface area (Å²) in [6.07, 6.45) is 1.24. The molecule has 3 nitrogen and oxygen atoms in total. The van der Waals surface area contributed by atoms with Crippen molar-refractivity contribution in [2.75, 3.05) is 0 Å². The van der Waals surface area contributed by atoms with E-state index in [-0.39, 0.29) is 29.5 Å². The number of aromatic nitrogens is 1. The Morgan fingerprint density at radius 2 is 2.33 bits per heavy atom. The first-order chi connectivity index (χ1) is 6.32. The smallest absolute Gasteiger partial charge is 0.254 e. The van der Waals surface area contributed by atoms with Crippen LogP contribution in [0.5, 0.6) is 0 Å². The van der Waals surface area contributed by atoms with Gasteiger partial charge in [0.1, 0.15) is 16.7 Å². The summed E-state index contributed by atoms with van der Waals surface area (Å²) in [5.74, 6) is -0.636. The fourth-order valence-corrected chi connectivity index (χ4v) is 0.720. The van der Waals surface area contributed by atoms with Gasteiger partial charge in [-0.15, -0.1) is 0 Å². The molecule has 0 saturated carbocycles. The first kappa shape index (κ1) is 6.82. The molecule has 0 radical (unpaired) electrons. The third-order valence-electron chi connectivity index (χ3n) is 1.44. The predicted molar refractivity (Wildman–Crippen MR) is 40.9 cm³/mol. The largest absolute Gasteiger partial charge is 1.00 e. The van der Waals surface area contributed by atoms with Gasteiger partial charge in [0.05, 0.1) is 0 Å². The van der Waals surface area contributed by atoms with Crippen molar-refractivity contribution in [3.05, 3.63) is 29.6 Å². The van der Waals surface area contributed by atoms with E-state index in [1.807, 2.05) is 0 Å². The van der Waals surface area contributed by atoms with Gasteiger partial charge in [0, 0.05) is 13.0 Å². The van der Waals surface area contributed by atoms with Gasteiger partial charge in [0.15, 0.2) is 11.9 Å². The lowest BCUT2D eigenvalue weighted by Gasteiger charge is -1.94. The minimum Gasteiger partial charge on any atom is -1.00 e. The Morgan fingerprint density at radius 1 is 1.67 bits per heavy atom. The zero-order valence-corrected chi connectivity index (χ0v) is 8.70. The second kappa shape index (κ2) is 4.39. The summed E-state index contributed by atoms with van der Waals surface area (Å²) in [5, 5.41) is 0. The van der Waals surface area contributed by atoms with E-state index in [1.54, 1.807) is 13.0 Å². The molecule has 4 heteroatoms. The van der Waals surface area contributed by atoms with Gasteiger partial charge in [0.25, 0.3) is 5.91 Å². The lowest BCUT2D eigenvalue weighted by molar-refractivity contribution is -0.677. The van der Waals surface area contributed by atoms with Crippen LogP contribution in [0.1, 0.15) is 20.2 Å². The summed E-state index contributed by atoms with van der Waals surface area (Å²) in [6.45, 7) is -0.632. The molecular weight excluding hydrogens is 267 g/mol. The minimum atomic E-state index is -2.28. The molecular formula is C8H11IN2O. The molecule has 0 aliphatic carbocycles. The van der Waals surface area contributed by atoms with Gasteiger partial charge in [-0.3, -0.25) is 4.79 Å². The number of rotatable bonds is 1. The highest BCUT2D eigenvalue weighted by atomic mass is 127. The van der Waals surface area contributed by atoms with Gasteiger partial charge in [-0.05, 0) is 6.07 Å². The molecule has 0 unspecified atom stereocenters. The third-order valence-corrected chi connectivity index (χ3v) is 1.44. The van der Waals surface area contributed by atoms with E-state index < -0.39 is 12.9 Å². The highest BCUT2D eigenvalue weighted by molar-refractivity contribution is 5.92. The van der Waals surface area contributed by atoms with Crippen LogP contribution in [0, 0.1) is 6.92 Å².